The van der Waals surface area contributed by atoms with Gasteiger partial charge in [-0.05, 0) is 31.1 Å². The van der Waals surface area contributed by atoms with E-state index in [0.717, 1.165) is 37.9 Å². The molecule has 2 fully saturated rings. The van der Waals surface area contributed by atoms with Crippen LogP contribution in [0.25, 0.3) is 0 Å². The number of carbonyl (C=O) groups excluding carboxylic acids is 1. The summed E-state index contributed by atoms with van der Waals surface area (Å²) in [7, 11) is 0. The van der Waals surface area contributed by atoms with Crippen LogP contribution in [0, 0.1) is 5.41 Å². The van der Waals surface area contributed by atoms with Crippen LogP contribution in [0.3, 0.4) is 0 Å². The van der Waals surface area contributed by atoms with Gasteiger partial charge >= 0.3 is 5.97 Å². The Balaban J connectivity index is 1.65. The van der Waals surface area contributed by atoms with Gasteiger partial charge in [-0.15, -0.1) is 0 Å². The SMILES string of the molecule is CCCc1ncncc1C(=O)N1CCC2(CC1)CNC(C(=O)O)C2. The molecule has 130 valence electrons. The van der Waals surface area contributed by atoms with E-state index >= 15 is 0 Å². The van der Waals surface area contributed by atoms with Gasteiger partial charge in [-0.1, -0.05) is 13.3 Å². The number of aryl methyl sites for hydroxylation is 1. The molecule has 1 aromatic heterocycles. The average molecular weight is 332 g/mol. The first-order valence-corrected chi connectivity index (χ1v) is 8.59. The number of nitrogens with one attached hydrogen (secondary N) is 1. The molecule has 1 spiro atoms. The van der Waals surface area contributed by atoms with Gasteiger partial charge in [0, 0.05) is 25.8 Å². The van der Waals surface area contributed by atoms with Gasteiger partial charge in [0.15, 0.2) is 0 Å². The number of amides is 1. The number of carboxylic acid groups (broad SMARTS) is 1. The summed E-state index contributed by atoms with van der Waals surface area (Å²) in [5.74, 6) is -0.786. The van der Waals surface area contributed by atoms with Crippen molar-refractivity contribution in [2.45, 2.75) is 45.1 Å². The van der Waals surface area contributed by atoms with Crippen LogP contribution in [0.4, 0.5) is 0 Å². The van der Waals surface area contributed by atoms with Crippen molar-refractivity contribution in [2.24, 2.45) is 5.41 Å². The third-order valence-corrected chi connectivity index (χ3v) is 5.28. The molecule has 2 aliphatic heterocycles. The van der Waals surface area contributed by atoms with Crippen molar-refractivity contribution in [3.63, 3.8) is 0 Å². The maximum Gasteiger partial charge on any atom is 0.320 e. The van der Waals surface area contributed by atoms with Crippen molar-refractivity contribution in [3.8, 4) is 0 Å². The van der Waals surface area contributed by atoms with Crippen molar-refractivity contribution >= 4 is 11.9 Å². The minimum Gasteiger partial charge on any atom is -0.480 e. The Morgan fingerprint density at radius 3 is 2.79 bits per heavy atom. The molecule has 3 heterocycles. The van der Waals surface area contributed by atoms with Crippen molar-refractivity contribution in [3.05, 3.63) is 23.8 Å². The highest BCUT2D eigenvalue weighted by atomic mass is 16.4. The normalized spacial score (nSPS) is 22.7. The average Bonchev–Trinajstić information content (AvgIpc) is 3.00. The van der Waals surface area contributed by atoms with E-state index in [2.05, 4.69) is 22.2 Å². The van der Waals surface area contributed by atoms with E-state index in [1.807, 2.05) is 4.90 Å². The molecule has 0 radical (unpaired) electrons. The van der Waals surface area contributed by atoms with Crippen LogP contribution in [-0.2, 0) is 11.2 Å². The summed E-state index contributed by atoms with van der Waals surface area (Å²) in [5, 5.41) is 12.3. The highest BCUT2D eigenvalue weighted by Crippen LogP contribution is 2.39. The van der Waals surface area contributed by atoms with Gasteiger partial charge in [0.05, 0.1) is 11.3 Å². The van der Waals surface area contributed by atoms with Crippen molar-refractivity contribution < 1.29 is 14.7 Å². The molecule has 2 N–H and O–H groups in total. The summed E-state index contributed by atoms with van der Waals surface area (Å²) in [6, 6.07) is -0.453. The smallest absolute Gasteiger partial charge is 0.320 e. The number of aliphatic carboxylic acids is 1. The summed E-state index contributed by atoms with van der Waals surface area (Å²) < 4.78 is 0. The monoisotopic (exact) mass is 332 g/mol. The highest BCUT2D eigenvalue weighted by Gasteiger charge is 2.44. The standard InChI is InChI=1S/C17H24N4O3/c1-2-3-13-12(9-18-11-20-13)15(22)21-6-4-17(5-7-21)8-14(16(23)24)19-10-17/h9,11,14,19H,2-8,10H2,1H3,(H,23,24). The molecule has 0 saturated carbocycles. The second-order valence-electron chi connectivity index (χ2n) is 6.90. The van der Waals surface area contributed by atoms with E-state index in [4.69, 9.17) is 5.11 Å². The Labute approximate surface area is 141 Å². The summed E-state index contributed by atoms with van der Waals surface area (Å²) in [6.07, 6.45) is 7.14. The minimum atomic E-state index is -0.781. The quantitative estimate of drug-likeness (QED) is 0.857. The molecule has 1 unspecified atom stereocenters. The minimum absolute atomic E-state index is 0.00496. The number of piperidine rings is 1. The Morgan fingerprint density at radius 2 is 2.17 bits per heavy atom. The molecule has 24 heavy (non-hydrogen) atoms. The lowest BCUT2D eigenvalue weighted by Crippen LogP contribution is -2.44. The molecule has 0 bridgehead atoms. The fourth-order valence-electron chi connectivity index (χ4n) is 3.80. The van der Waals surface area contributed by atoms with E-state index < -0.39 is 12.0 Å². The molecule has 7 nitrogen and oxygen atoms in total. The fourth-order valence-corrected chi connectivity index (χ4v) is 3.80. The topological polar surface area (TPSA) is 95.4 Å². The van der Waals surface area contributed by atoms with Gasteiger partial charge in [-0.2, -0.15) is 0 Å². The highest BCUT2D eigenvalue weighted by molar-refractivity contribution is 5.95. The van der Waals surface area contributed by atoms with E-state index in [1.165, 1.54) is 6.33 Å². The Bertz CT molecular complexity index is 626. The van der Waals surface area contributed by atoms with Gasteiger partial charge in [0.1, 0.15) is 12.4 Å². The van der Waals surface area contributed by atoms with Gasteiger partial charge in [-0.25, -0.2) is 9.97 Å². The maximum absolute atomic E-state index is 12.8. The zero-order valence-electron chi connectivity index (χ0n) is 14.0. The van der Waals surface area contributed by atoms with E-state index in [0.29, 0.717) is 25.1 Å². The number of hydrogen-bond donors (Lipinski definition) is 2. The lowest BCUT2D eigenvalue weighted by Gasteiger charge is -2.39. The van der Waals surface area contributed by atoms with Crippen LogP contribution in [0.1, 0.15) is 48.7 Å². The zero-order chi connectivity index (χ0) is 17.2. The number of rotatable bonds is 4. The lowest BCUT2D eigenvalue weighted by atomic mass is 9.76. The summed E-state index contributed by atoms with van der Waals surface area (Å²) in [6.45, 7) is 4.11. The summed E-state index contributed by atoms with van der Waals surface area (Å²) in [5.41, 5.74) is 1.42. The van der Waals surface area contributed by atoms with Gasteiger partial charge in [-0.3, -0.25) is 9.59 Å². The molecule has 1 aromatic rings. The van der Waals surface area contributed by atoms with Gasteiger partial charge < -0.3 is 15.3 Å². The van der Waals surface area contributed by atoms with Crippen LogP contribution in [0.2, 0.25) is 0 Å². The first-order chi connectivity index (χ1) is 11.5. The summed E-state index contributed by atoms with van der Waals surface area (Å²) >= 11 is 0. The van der Waals surface area contributed by atoms with Crippen molar-refractivity contribution in [1.29, 1.82) is 0 Å². The Kier molecular flexibility index (Phi) is 4.80. The van der Waals surface area contributed by atoms with E-state index in [1.54, 1.807) is 6.20 Å². The predicted molar refractivity (Wildman–Crippen MR) is 87.6 cm³/mol. The zero-order valence-corrected chi connectivity index (χ0v) is 14.0. The third-order valence-electron chi connectivity index (χ3n) is 5.28. The van der Waals surface area contributed by atoms with E-state index in [-0.39, 0.29) is 11.3 Å². The van der Waals surface area contributed by atoms with E-state index in [9.17, 15) is 9.59 Å². The molecule has 2 aliphatic rings. The first-order valence-electron chi connectivity index (χ1n) is 8.59. The Hall–Kier alpha value is -2.02. The largest absolute Gasteiger partial charge is 0.480 e. The molecule has 2 saturated heterocycles. The molecule has 0 aromatic carbocycles. The maximum atomic E-state index is 12.8. The second-order valence-corrected chi connectivity index (χ2v) is 6.90. The Morgan fingerprint density at radius 1 is 1.42 bits per heavy atom. The van der Waals surface area contributed by atoms with Crippen LogP contribution >= 0.6 is 0 Å². The second kappa shape index (κ2) is 6.84. The molecule has 1 amide bonds. The number of carbonyl (C=O) groups is 2. The predicted octanol–water partition coefficient (Wildman–Crippen LogP) is 1.10. The van der Waals surface area contributed by atoms with Crippen LogP contribution < -0.4 is 5.32 Å². The van der Waals surface area contributed by atoms with Gasteiger partial charge in [0.2, 0.25) is 0 Å². The lowest BCUT2D eigenvalue weighted by molar-refractivity contribution is -0.139. The molecular weight excluding hydrogens is 308 g/mol. The summed E-state index contributed by atoms with van der Waals surface area (Å²) in [4.78, 5) is 34.1. The number of nitrogens with zero attached hydrogens (tertiary/aromatic N) is 3. The van der Waals surface area contributed by atoms with Gasteiger partial charge in [0.25, 0.3) is 5.91 Å². The van der Waals surface area contributed by atoms with Crippen LogP contribution in [0.5, 0.6) is 0 Å². The van der Waals surface area contributed by atoms with Crippen LogP contribution in [0.15, 0.2) is 12.5 Å². The number of aromatic nitrogens is 2. The molecule has 0 aliphatic carbocycles. The molecular formula is C17H24N4O3. The van der Waals surface area contributed by atoms with Crippen molar-refractivity contribution in [2.75, 3.05) is 19.6 Å². The number of hydrogen-bond acceptors (Lipinski definition) is 5. The number of carboxylic acids is 1. The van der Waals surface area contributed by atoms with Crippen molar-refractivity contribution in [1.82, 2.24) is 20.2 Å². The number of likely N-dealkylation sites (tertiary alicyclic amines) is 1. The molecule has 3 rings (SSSR count). The van der Waals surface area contributed by atoms with Crippen LogP contribution in [-0.4, -0.2) is 57.5 Å². The third kappa shape index (κ3) is 3.26. The fraction of sp³-hybridized carbons (Fsp3) is 0.647. The first kappa shape index (κ1) is 16.8. The molecule has 1 atom stereocenters. The molecule has 7 heteroatoms.